The fourth-order valence-electron chi connectivity index (χ4n) is 2.41. The molecular formula is C16H21F2N5O2. The minimum Gasteiger partial charge on any atom is -0.444 e. The van der Waals surface area contributed by atoms with Crippen LogP contribution in [0.3, 0.4) is 0 Å². The summed E-state index contributed by atoms with van der Waals surface area (Å²) in [5, 5.41) is 11.4. The third-order valence-corrected chi connectivity index (χ3v) is 3.69. The molecule has 7 nitrogen and oxygen atoms in total. The van der Waals surface area contributed by atoms with E-state index in [2.05, 4.69) is 15.3 Å². The van der Waals surface area contributed by atoms with Crippen LogP contribution in [-0.2, 0) is 4.74 Å². The van der Waals surface area contributed by atoms with Gasteiger partial charge >= 0.3 is 6.09 Å². The number of nitrogens with one attached hydrogen (secondary N) is 1. The van der Waals surface area contributed by atoms with Gasteiger partial charge in [0.25, 0.3) is 5.92 Å². The highest BCUT2D eigenvalue weighted by atomic mass is 19.3. The Morgan fingerprint density at radius 2 is 2.12 bits per heavy atom. The molecule has 0 saturated carbocycles. The van der Waals surface area contributed by atoms with Gasteiger partial charge in [-0.1, -0.05) is 0 Å². The summed E-state index contributed by atoms with van der Waals surface area (Å²) in [6.45, 7) is 4.57. The van der Waals surface area contributed by atoms with Crippen LogP contribution in [0.2, 0.25) is 0 Å². The number of piperidine rings is 1. The highest BCUT2D eigenvalue weighted by Crippen LogP contribution is 2.33. The van der Waals surface area contributed by atoms with E-state index in [-0.39, 0.29) is 25.5 Å². The quantitative estimate of drug-likeness (QED) is 0.898. The van der Waals surface area contributed by atoms with Crippen LogP contribution in [0.5, 0.6) is 0 Å². The van der Waals surface area contributed by atoms with Gasteiger partial charge < -0.3 is 15.0 Å². The zero-order chi connectivity index (χ0) is 18.7. The average Bonchev–Trinajstić information content (AvgIpc) is 2.52. The number of halogens is 2. The molecule has 1 aliphatic rings. The lowest BCUT2D eigenvalue weighted by Crippen LogP contribution is -2.53. The molecule has 0 spiro atoms. The molecule has 1 atom stereocenters. The fraction of sp³-hybridized carbons (Fsp3) is 0.625. The number of nitrogens with zero attached hydrogens (tertiary/aromatic N) is 4. The van der Waals surface area contributed by atoms with E-state index >= 15 is 0 Å². The van der Waals surface area contributed by atoms with Gasteiger partial charge in [0.1, 0.15) is 11.7 Å². The van der Waals surface area contributed by atoms with Crippen LogP contribution in [-0.4, -0.2) is 52.1 Å². The molecular weight excluding hydrogens is 332 g/mol. The first-order valence-electron chi connectivity index (χ1n) is 7.92. The summed E-state index contributed by atoms with van der Waals surface area (Å²) in [6.07, 6.45) is 2.04. The summed E-state index contributed by atoms with van der Waals surface area (Å²) in [7, 11) is 0. The van der Waals surface area contributed by atoms with Gasteiger partial charge in [0.15, 0.2) is 0 Å². The lowest BCUT2D eigenvalue weighted by atomic mass is 9.93. The molecule has 1 aromatic heterocycles. The Kier molecular flexibility index (Phi) is 5.40. The molecule has 0 bridgehead atoms. The summed E-state index contributed by atoms with van der Waals surface area (Å²) >= 11 is 0. The topological polar surface area (TPSA) is 91.1 Å². The van der Waals surface area contributed by atoms with Crippen molar-refractivity contribution in [3.05, 3.63) is 18.0 Å². The van der Waals surface area contributed by atoms with Crippen LogP contribution < -0.4 is 5.32 Å². The maximum Gasteiger partial charge on any atom is 0.410 e. The van der Waals surface area contributed by atoms with E-state index in [0.29, 0.717) is 5.56 Å². The predicted octanol–water partition coefficient (Wildman–Crippen LogP) is 2.65. The van der Waals surface area contributed by atoms with Crippen molar-refractivity contribution in [2.24, 2.45) is 5.92 Å². The van der Waals surface area contributed by atoms with E-state index in [4.69, 9.17) is 10.00 Å². The Balaban J connectivity index is 1.91. The van der Waals surface area contributed by atoms with Gasteiger partial charge in [-0.25, -0.2) is 23.5 Å². The van der Waals surface area contributed by atoms with E-state index in [1.807, 2.05) is 6.07 Å². The minimum atomic E-state index is -3.05. The van der Waals surface area contributed by atoms with E-state index in [9.17, 15) is 13.6 Å². The summed E-state index contributed by atoms with van der Waals surface area (Å²) in [5.74, 6) is -3.82. The molecule has 1 amide bonds. The van der Waals surface area contributed by atoms with Crippen molar-refractivity contribution < 1.29 is 18.3 Å². The number of nitriles is 1. The number of hydrogen-bond donors (Lipinski definition) is 1. The normalized spacial score (nSPS) is 19.8. The van der Waals surface area contributed by atoms with Crippen LogP contribution in [0, 0.1) is 17.2 Å². The molecule has 1 aliphatic heterocycles. The maximum atomic E-state index is 14.4. The predicted molar refractivity (Wildman–Crippen MR) is 86.1 cm³/mol. The largest absolute Gasteiger partial charge is 0.444 e. The Morgan fingerprint density at radius 3 is 2.64 bits per heavy atom. The molecule has 2 rings (SSSR count). The SMILES string of the molecule is CC(C)(C)OC(=O)N1CC[C@@H](CNc2ncc(C#N)cn2)C(F)(F)C1. The second kappa shape index (κ2) is 7.17. The Bertz CT molecular complexity index is 652. The number of likely N-dealkylation sites (tertiary alicyclic amines) is 1. The van der Waals surface area contributed by atoms with Crippen molar-refractivity contribution in [1.82, 2.24) is 14.9 Å². The molecule has 1 saturated heterocycles. The number of carbonyl (C=O) groups excluding carboxylic acids is 1. The van der Waals surface area contributed by atoms with Gasteiger partial charge in [-0.05, 0) is 27.2 Å². The number of ether oxygens (including phenoxy) is 1. The summed E-state index contributed by atoms with van der Waals surface area (Å²) in [6, 6.07) is 1.88. The van der Waals surface area contributed by atoms with Gasteiger partial charge in [0.2, 0.25) is 5.95 Å². The molecule has 136 valence electrons. The average molecular weight is 353 g/mol. The lowest BCUT2D eigenvalue weighted by molar-refractivity contribution is -0.106. The summed E-state index contributed by atoms with van der Waals surface area (Å²) < 4.78 is 33.9. The Hall–Kier alpha value is -2.50. The Labute approximate surface area is 145 Å². The van der Waals surface area contributed by atoms with Crippen molar-refractivity contribution in [2.75, 3.05) is 25.0 Å². The fourth-order valence-corrected chi connectivity index (χ4v) is 2.41. The van der Waals surface area contributed by atoms with Crippen molar-refractivity contribution in [3.63, 3.8) is 0 Å². The standard InChI is InChI=1S/C16H21F2N5O2/c1-15(2,3)25-14(24)23-5-4-12(16(17,18)10-23)9-22-13-20-7-11(6-19)8-21-13/h7-8,12H,4-5,9-10H2,1-3H3,(H,20,21,22)/t12-/m0/s1. The molecule has 2 heterocycles. The van der Waals surface area contributed by atoms with Crippen molar-refractivity contribution in [1.29, 1.82) is 5.26 Å². The van der Waals surface area contributed by atoms with Crippen LogP contribution in [0.25, 0.3) is 0 Å². The Morgan fingerprint density at radius 1 is 1.48 bits per heavy atom. The third kappa shape index (κ3) is 5.24. The van der Waals surface area contributed by atoms with Gasteiger partial charge in [-0.3, -0.25) is 0 Å². The summed E-state index contributed by atoms with van der Waals surface area (Å²) in [4.78, 5) is 20.8. The number of amides is 1. The van der Waals surface area contributed by atoms with Crippen LogP contribution in [0.1, 0.15) is 32.8 Å². The van der Waals surface area contributed by atoms with Crippen LogP contribution >= 0.6 is 0 Å². The van der Waals surface area contributed by atoms with Gasteiger partial charge in [0.05, 0.1) is 24.5 Å². The zero-order valence-corrected chi connectivity index (χ0v) is 14.4. The molecule has 25 heavy (non-hydrogen) atoms. The first kappa shape index (κ1) is 18.8. The molecule has 9 heteroatoms. The second-order valence-corrected chi connectivity index (χ2v) is 6.94. The number of alkyl halides is 2. The maximum absolute atomic E-state index is 14.4. The molecule has 1 aromatic rings. The van der Waals surface area contributed by atoms with E-state index in [1.165, 1.54) is 12.4 Å². The number of carbonyl (C=O) groups is 1. The van der Waals surface area contributed by atoms with Crippen molar-refractivity contribution >= 4 is 12.0 Å². The molecule has 1 fully saturated rings. The number of aromatic nitrogens is 2. The zero-order valence-electron chi connectivity index (χ0n) is 14.4. The molecule has 0 aliphatic carbocycles. The number of hydrogen-bond acceptors (Lipinski definition) is 6. The molecule has 1 N–H and O–H groups in total. The highest BCUT2D eigenvalue weighted by molar-refractivity contribution is 5.68. The molecule has 0 unspecified atom stereocenters. The monoisotopic (exact) mass is 353 g/mol. The van der Waals surface area contributed by atoms with Crippen molar-refractivity contribution in [2.45, 2.75) is 38.7 Å². The van der Waals surface area contributed by atoms with Crippen molar-refractivity contribution in [3.8, 4) is 6.07 Å². The number of anilines is 1. The first-order chi connectivity index (χ1) is 11.6. The van der Waals surface area contributed by atoms with E-state index in [0.717, 1.165) is 4.90 Å². The van der Waals surface area contributed by atoms with Crippen LogP contribution in [0.4, 0.5) is 19.5 Å². The summed E-state index contributed by atoms with van der Waals surface area (Å²) in [5.41, 5.74) is -0.431. The first-order valence-corrected chi connectivity index (χ1v) is 7.92. The van der Waals surface area contributed by atoms with E-state index < -0.39 is 30.1 Å². The third-order valence-electron chi connectivity index (χ3n) is 3.69. The van der Waals surface area contributed by atoms with Gasteiger partial charge in [0, 0.05) is 19.0 Å². The van der Waals surface area contributed by atoms with Gasteiger partial charge in [-0.15, -0.1) is 0 Å². The highest BCUT2D eigenvalue weighted by Gasteiger charge is 2.46. The van der Waals surface area contributed by atoms with Gasteiger partial charge in [-0.2, -0.15) is 5.26 Å². The smallest absolute Gasteiger partial charge is 0.410 e. The molecule has 0 radical (unpaired) electrons. The lowest BCUT2D eigenvalue weighted by Gasteiger charge is -2.38. The second-order valence-electron chi connectivity index (χ2n) is 6.94. The minimum absolute atomic E-state index is 0.0267. The molecule has 0 aromatic carbocycles. The number of rotatable bonds is 3. The van der Waals surface area contributed by atoms with E-state index in [1.54, 1.807) is 20.8 Å². The van der Waals surface area contributed by atoms with Crippen LogP contribution in [0.15, 0.2) is 12.4 Å².